The maximum atomic E-state index is 12.5. The summed E-state index contributed by atoms with van der Waals surface area (Å²) in [5.41, 5.74) is 0.493. The van der Waals surface area contributed by atoms with Crippen molar-refractivity contribution in [3.63, 3.8) is 0 Å². The van der Waals surface area contributed by atoms with Crippen LogP contribution < -0.4 is 5.56 Å². The zero-order valence-corrected chi connectivity index (χ0v) is 16.9. The molecule has 1 saturated heterocycles. The second-order valence-corrected chi connectivity index (χ2v) is 8.46. The lowest BCUT2D eigenvalue weighted by Crippen LogP contribution is -2.48. The Bertz CT molecular complexity index is 899. The number of fused-ring (bicyclic) bond motifs is 1. The summed E-state index contributed by atoms with van der Waals surface area (Å²) >= 11 is 5.96. The third-order valence-corrected chi connectivity index (χ3v) is 6.29. The van der Waals surface area contributed by atoms with Gasteiger partial charge in [0.15, 0.2) is 0 Å². The summed E-state index contributed by atoms with van der Waals surface area (Å²) in [5.74, 6) is 1.71. The van der Waals surface area contributed by atoms with E-state index in [1.807, 2.05) is 4.90 Å². The number of hydrogen-bond acceptors (Lipinski definition) is 4. The number of rotatable bonds is 5. The predicted octanol–water partition coefficient (Wildman–Crippen LogP) is 3.19. The number of H-pyrrole nitrogens is 1. The third-order valence-electron chi connectivity index (χ3n) is 6.06. The first-order valence-electron chi connectivity index (χ1n) is 10.3. The van der Waals surface area contributed by atoms with Gasteiger partial charge in [-0.3, -0.25) is 14.5 Å². The van der Waals surface area contributed by atoms with Gasteiger partial charge in [0.1, 0.15) is 5.82 Å². The fourth-order valence-corrected chi connectivity index (χ4v) is 4.56. The molecule has 0 radical (unpaired) electrons. The van der Waals surface area contributed by atoms with Crippen molar-refractivity contribution >= 4 is 28.4 Å². The number of carbonyl (C=O) groups excluding carboxylic acids is 1. The first kappa shape index (κ1) is 19.4. The van der Waals surface area contributed by atoms with Crippen LogP contribution in [-0.2, 0) is 11.3 Å². The van der Waals surface area contributed by atoms with Crippen molar-refractivity contribution in [3.05, 3.63) is 39.4 Å². The number of aromatic amines is 1. The van der Waals surface area contributed by atoms with Crippen molar-refractivity contribution in [1.82, 2.24) is 19.8 Å². The molecular weight excluding hydrogens is 376 g/mol. The Kier molecular flexibility index (Phi) is 5.97. The van der Waals surface area contributed by atoms with E-state index in [4.69, 9.17) is 11.6 Å². The van der Waals surface area contributed by atoms with E-state index >= 15 is 0 Å². The van der Waals surface area contributed by atoms with Gasteiger partial charge in [-0.25, -0.2) is 4.98 Å². The topological polar surface area (TPSA) is 69.3 Å². The largest absolute Gasteiger partial charge is 0.340 e. The summed E-state index contributed by atoms with van der Waals surface area (Å²) in [4.78, 5) is 36.4. The number of benzene rings is 1. The summed E-state index contributed by atoms with van der Waals surface area (Å²) in [5, 5.41) is 1.04. The number of amides is 1. The minimum Gasteiger partial charge on any atom is -0.340 e. The average molecular weight is 403 g/mol. The highest BCUT2D eigenvalue weighted by molar-refractivity contribution is 6.31. The van der Waals surface area contributed by atoms with Gasteiger partial charge in [0.25, 0.3) is 5.56 Å². The Morgan fingerprint density at radius 3 is 2.68 bits per heavy atom. The van der Waals surface area contributed by atoms with E-state index in [0.717, 1.165) is 38.5 Å². The van der Waals surface area contributed by atoms with E-state index in [9.17, 15) is 9.59 Å². The van der Waals surface area contributed by atoms with Crippen LogP contribution in [0.25, 0.3) is 10.9 Å². The molecule has 1 amide bonds. The Hall–Kier alpha value is -1.92. The number of halogens is 1. The van der Waals surface area contributed by atoms with Crippen molar-refractivity contribution in [1.29, 1.82) is 0 Å². The molecule has 1 aliphatic carbocycles. The van der Waals surface area contributed by atoms with Crippen LogP contribution in [0.2, 0.25) is 5.02 Å². The summed E-state index contributed by atoms with van der Waals surface area (Å²) < 4.78 is 0. The molecule has 2 heterocycles. The standard InChI is InChI=1S/C21H27ClN4O2/c22-16-6-7-18-17(13-16)21(28)24-19(23-18)14-25-9-11-26(12-10-25)20(27)8-5-15-3-1-2-4-15/h6-7,13,15H,1-5,8-12,14H2,(H,23,24,28). The molecule has 2 aliphatic rings. The van der Waals surface area contributed by atoms with Gasteiger partial charge in [-0.05, 0) is 30.5 Å². The minimum absolute atomic E-state index is 0.164. The highest BCUT2D eigenvalue weighted by Crippen LogP contribution is 2.28. The number of piperazine rings is 1. The molecule has 1 aromatic carbocycles. The van der Waals surface area contributed by atoms with Gasteiger partial charge in [-0.2, -0.15) is 0 Å². The van der Waals surface area contributed by atoms with Crippen LogP contribution in [-0.4, -0.2) is 51.9 Å². The van der Waals surface area contributed by atoms with Crippen LogP contribution in [0, 0.1) is 5.92 Å². The van der Waals surface area contributed by atoms with Crippen molar-refractivity contribution in [2.45, 2.75) is 45.1 Å². The molecular formula is C21H27ClN4O2. The average Bonchev–Trinajstić information content (AvgIpc) is 3.21. The summed E-state index contributed by atoms with van der Waals surface area (Å²) in [6, 6.07) is 5.16. The molecule has 1 aromatic heterocycles. The Morgan fingerprint density at radius 1 is 1.18 bits per heavy atom. The van der Waals surface area contributed by atoms with Crippen molar-refractivity contribution < 1.29 is 4.79 Å². The fraction of sp³-hybridized carbons (Fsp3) is 0.571. The lowest BCUT2D eigenvalue weighted by Gasteiger charge is -2.34. The van der Waals surface area contributed by atoms with Crippen LogP contribution in [0.15, 0.2) is 23.0 Å². The summed E-state index contributed by atoms with van der Waals surface area (Å²) in [7, 11) is 0. The molecule has 28 heavy (non-hydrogen) atoms. The van der Waals surface area contributed by atoms with Gasteiger partial charge in [0, 0.05) is 37.6 Å². The van der Waals surface area contributed by atoms with Crippen LogP contribution in [0.5, 0.6) is 0 Å². The van der Waals surface area contributed by atoms with E-state index in [0.29, 0.717) is 40.6 Å². The second-order valence-electron chi connectivity index (χ2n) is 8.02. The van der Waals surface area contributed by atoms with E-state index in [-0.39, 0.29) is 5.56 Å². The second kappa shape index (κ2) is 8.62. The van der Waals surface area contributed by atoms with E-state index in [2.05, 4.69) is 14.9 Å². The SMILES string of the molecule is O=C(CCC1CCCC1)N1CCN(Cc2nc3ccc(Cl)cc3c(=O)[nH]2)CC1. The molecule has 0 bridgehead atoms. The van der Waals surface area contributed by atoms with E-state index < -0.39 is 0 Å². The molecule has 1 saturated carbocycles. The molecule has 2 aromatic rings. The first-order chi connectivity index (χ1) is 13.6. The quantitative estimate of drug-likeness (QED) is 0.833. The molecule has 0 unspecified atom stereocenters. The Labute approximate surface area is 169 Å². The van der Waals surface area contributed by atoms with Gasteiger partial charge >= 0.3 is 0 Å². The van der Waals surface area contributed by atoms with Gasteiger partial charge < -0.3 is 9.88 Å². The lowest BCUT2D eigenvalue weighted by molar-refractivity contribution is -0.133. The molecule has 7 heteroatoms. The zero-order valence-electron chi connectivity index (χ0n) is 16.1. The smallest absolute Gasteiger partial charge is 0.258 e. The van der Waals surface area contributed by atoms with Gasteiger partial charge in [0.2, 0.25) is 5.91 Å². The van der Waals surface area contributed by atoms with Crippen LogP contribution >= 0.6 is 11.6 Å². The van der Waals surface area contributed by atoms with Crippen LogP contribution in [0.1, 0.15) is 44.3 Å². The summed E-state index contributed by atoms with van der Waals surface area (Å²) in [6.07, 6.45) is 6.98. The number of nitrogens with one attached hydrogen (secondary N) is 1. The van der Waals surface area contributed by atoms with Crippen LogP contribution in [0.3, 0.4) is 0 Å². The predicted molar refractivity (Wildman–Crippen MR) is 110 cm³/mol. The maximum absolute atomic E-state index is 12.5. The summed E-state index contributed by atoms with van der Waals surface area (Å²) in [6.45, 7) is 3.68. The normalized spacial score (nSPS) is 18.8. The van der Waals surface area contributed by atoms with Gasteiger partial charge in [-0.1, -0.05) is 37.3 Å². The molecule has 6 nitrogen and oxygen atoms in total. The zero-order chi connectivity index (χ0) is 19.5. The molecule has 1 aliphatic heterocycles. The minimum atomic E-state index is -0.164. The molecule has 0 spiro atoms. The van der Waals surface area contributed by atoms with Crippen LogP contribution in [0.4, 0.5) is 0 Å². The number of nitrogens with zero attached hydrogens (tertiary/aromatic N) is 3. The van der Waals surface area contributed by atoms with Gasteiger partial charge in [-0.15, -0.1) is 0 Å². The molecule has 4 rings (SSSR count). The molecule has 1 N–H and O–H groups in total. The van der Waals surface area contributed by atoms with Crippen molar-refractivity contribution in [3.8, 4) is 0 Å². The maximum Gasteiger partial charge on any atom is 0.258 e. The molecule has 0 atom stereocenters. The lowest BCUT2D eigenvalue weighted by atomic mass is 10.0. The molecule has 150 valence electrons. The van der Waals surface area contributed by atoms with Gasteiger partial charge in [0.05, 0.1) is 17.4 Å². The number of hydrogen-bond donors (Lipinski definition) is 1. The van der Waals surface area contributed by atoms with E-state index in [1.54, 1.807) is 18.2 Å². The number of aromatic nitrogens is 2. The molecule has 2 fully saturated rings. The Morgan fingerprint density at radius 2 is 1.93 bits per heavy atom. The van der Waals surface area contributed by atoms with Crippen molar-refractivity contribution in [2.24, 2.45) is 5.92 Å². The first-order valence-corrected chi connectivity index (χ1v) is 10.6. The monoisotopic (exact) mass is 402 g/mol. The fourth-order valence-electron chi connectivity index (χ4n) is 4.39. The highest BCUT2D eigenvalue weighted by Gasteiger charge is 2.23. The highest BCUT2D eigenvalue weighted by atomic mass is 35.5. The Balaban J connectivity index is 1.30. The number of carbonyl (C=O) groups is 1. The van der Waals surface area contributed by atoms with Crippen molar-refractivity contribution in [2.75, 3.05) is 26.2 Å². The third kappa shape index (κ3) is 4.55. The van der Waals surface area contributed by atoms with E-state index in [1.165, 1.54) is 25.7 Å².